The van der Waals surface area contributed by atoms with Gasteiger partial charge in [0.1, 0.15) is 5.82 Å². The van der Waals surface area contributed by atoms with Gasteiger partial charge in [0.2, 0.25) is 6.41 Å². The lowest BCUT2D eigenvalue weighted by Gasteiger charge is -2.23. The molecule has 2 heterocycles. The van der Waals surface area contributed by atoms with Crippen LogP contribution in [0.25, 0.3) is 0 Å². The summed E-state index contributed by atoms with van der Waals surface area (Å²) < 4.78 is 5.05. The molecule has 0 saturated carbocycles. The van der Waals surface area contributed by atoms with Crippen molar-refractivity contribution < 1.29 is 9.84 Å². The van der Waals surface area contributed by atoms with Crippen molar-refractivity contribution >= 4 is 5.82 Å². The SMILES string of the molecule is CCc1ccnc2c1COC(O)N2. The molecule has 0 radical (unpaired) electrons. The summed E-state index contributed by atoms with van der Waals surface area (Å²) in [6.45, 7) is 2.52. The second-order valence-corrected chi connectivity index (χ2v) is 2.96. The Hall–Kier alpha value is -1.13. The van der Waals surface area contributed by atoms with E-state index in [1.807, 2.05) is 6.07 Å². The topological polar surface area (TPSA) is 54.4 Å². The summed E-state index contributed by atoms with van der Waals surface area (Å²) >= 11 is 0. The molecule has 1 aliphatic rings. The molecule has 2 rings (SSSR count). The van der Waals surface area contributed by atoms with Gasteiger partial charge in [0.05, 0.1) is 6.61 Å². The molecular formula is C9H12N2O2. The lowest BCUT2D eigenvalue weighted by atomic mass is 10.1. The van der Waals surface area contributed by atoms with E-state index in [0.29, 0.717) is 6.61 Å². The fourth-order valence-corrected chi connectivity index (χ4v) is 1.47. The predicted octanol–water partition coefficient (Wildman–Crippen LogP) is 0.862. The maximum atomic E-state index is 9.15. The number of rotatable bonds is 1. The molecule has 13 heavy (non-hydrogen) atoms. The van der Waals surface area contributed by atoms with Crippen molar-refractivity contribution in [2.75, 3.05) is 5.32 Å². The van der Waals surface area contributed by atoms with Gasteiger partial charge in [-0.25, -0.2) is 4.98 Å². The highest BCUT2D eigenvalue weighted by atomic mass is 16.6. The smallest absolute Gasteiger partial charge is 0.236 e. The molecule has 70 valence electrons. The van der Waals surface area contributed by atoms with Gasteiger partial charge < -0.3 is 15.2 Å². The van der Waals surface area contributed by atoms with Crippen molar-refractivity contribution in [1.82, 2.24) is 4.98 Å². The van der Waals surface area contributed by atoms with Gasteiger partial charge in [-0.05, 0) is 18.1 Å². The number of ether oxygens (including phenoxy) is 1. The number of nitrogens with one attached hydrogen (secondary N) is 1. The standard InChI is InChI=1S/C9H12N2O2/c1-2-6-3-4-10-8-7(6)5-13-9(12)11-8/h3-4,9,12H,2,5H2,1H3,(H,10,11). The lowest BCUT2D eigenvalue weighted by molar-refractivity contribution is -0.0936. The van der Waals surface area contributed by atoms with E-state index in [1.54, 1.807) is 6.20 Å². The first kappa shape index (κ1) is 8.47. The van der Waals surface area contributed by atoms with E-state index < -0.39 is 6.41 Å². The average Bonchev–Trinajstić information content (AvgIpc) is 2.16. The third-order valence-electron chi connectivity index (χ3n) is 2.18. The molecule has 4 nitrogen and oxygen atoms in total. The second kappa shape index (κ2) is 3.32. The van der Waals surface area contributed by atoms with Crippen molar-refractivity contribution in [3.05, 3.63) is 23.4 Å². The number of nitrogens with zero attached hydrogens (tertiary/aromatic N) is 1. The number of anilines is 1. The van der Waals surface area contributed by atoms with Crippen molar-refractivity contribution in [2.45, 2.75) is 26.4 Å². The van der Waals surface area contributed by atoms with Gasteiger partial charge in [-0.1, -0.05) is 6.92 Å². The number of fused-ring (bicyclic) bond motifs is 1. The zero-order valence-electron chi connectivity index (χ0n) is 7.45. The van der Waals surface area contributed by atoms with Gasteiger partial charge in [-0.2, -0.15) is 0 Å². The summed E-state index contributed by atoms with van der Waals surface area (Å²) in [6.07, 6.45) is 1.77. The maximum Gasteiger partial charge on any atom is 0.236 e. The molecule has 0 fully saturated rings. The quantitative estimate of drug-likeness (QED) is 0.673. The highest BCUT2D eigenvalue weighted by Crippen LogP contribution is 2.23. The van der Waals surface area contributed by atoms with Gasteiger partial charge in [0.15, 0.2) is 0 Å². The molecule has 1 aliphatic heterocycles. The fraction of sp³-hybridized carbons (Fsp3) is 0.444. The van der Waals surface area contributed by atoms with Crippen LogP contribution >= 0.6 is 0 Å². The Morgan fingerprint density at radius 1 is 1.77 bits per heavy atom. The van der Waals surface area contributed by atoms with E-state index in [-0.39, 0.29) is 0 Å². The Morgan fingerprint density at radius 2 is 2.62 bits per heavy atom. The summed E-state index contributed by atoms with van der Waals surface area (Å²) in [7, 11) is 0. The van der Waals surface area contributed by atoms with Crippen molar-refractivity contribution in [3.8, 4) is 0 Å². The summed E-state index contributed by atoms with van der Waals surface area (Å²) in [6, 6.07) is 1.97. The number of hydrogen-bond acceptors (Lipinski definition) is 4. The molecule has 0 aromatic carbocycles. The first-order valence-electron chi connectivity index (χ1n) is 4.34. The van der Waals surface area contributed by atoms with Crippen LogP contribution in [0.1, 0.15) is 18.1 Å². The minimum atomic E-state index is -0.924. The first-order valence-corrected chi connectivity index (χ1v) is 4.34. The third kappa shape index (κ3) is 1.50. The molecule has 0 bridgehead atoms. The Labute approximate surface area is 76.6 Å². The molecular weight excluding hydrogens is 168 g/mol. The molecule has 1 aromatic rings. The fourth-order valence-electron chi connectivity index (χ4n) is 1.47. The van der Waals surface area contributed by atoms with E-state index in [0.717, 1.165) is 17.8 Å². The average molecular weight is 180 g/mol. The number of hydrogen-bond donors (Lipinski definition) is 2. The predicted molar refractivity (Wildman–Crippen MR) is 48.0 cm³/mol. The Kier molecular flexibility index (Phi) is 2.16. The van der Waals surface area contributed by atoms with Crippen LogP contribution in [0.5, 0.6) is 0 Å². The summed E-state index contributed by atoms with van der Waals surface area (Å²) in [4.78, 5) is 4.13. The molecule has 4 heteroatoms. The monoisotopic (exact) mass is 180 g/mol. The normalized spacial score (nSPS) is 20.6. The van der Waals surface area contributed by atoms with E-state index in [9.17, 15) is 0 Å². The van der Waals surface area contributed by atoms with Crippen molar-refractivity contribution in [2.24, 2.45) is 0 Å². The first-order chi connectivity index (χ1) is 6.31. The number of aryl methyl sites for hydroxylation is 1. The highest BCUT2D eigenvalue weighted by molar-refractivity contribution is 5.49. The third-order valence-corrected chi connectivity index (χ3v) is 2.18. The minimum absolute atomic E-state index is 0.431. The zero-order valence-corrected chi connectivity index (χ0v) is 7.45. The van der Waals surface area contributed by atoms with Gasteiger partial charge in [0, 0.05) is 11.8 Å². The molecule has 0 saturated heterocycles. The summed E-state index contributed by atoms with van der Waals surface area (Å²) in [5.41, 5.74) is 2.26. The second-order valence-electron chi connectivity index (χ2n) is 2.96. The van der Waals surface area contributed by atoms with Crippen LogP contribution in [0.3, 0.4) is 0 Å². The molecule has 1 atom stereocenters. The maximum absolute atomic E-state index is 9.15. The van der Waals surface area contributed by atoms with Crippen LogP contribution < -0.4 is 5.32 Å². The zero-order chi connectivity index (χ0) is 9.26. The Balaban J connectivity index is 2.39. The van der Waals surface area contributed by atoms with Crippen LogP contribution in [-0.2, 0) is 17.8 Å². The molecule has 0 spiro atoms. The van der Waals surface area contributed by atoms with E-state index in [1.165, 1.54) is 5.56 Å². The number of aliphatic hydroxyl groups is 1. The largest absolute Gasteiger partial charge is 0.351 e. The van der Waals surface area contributed by atoms with Gasteiger partial charge in [0.25, 0.3) is 0 Å². The Bertz CT molecular complexity index is 314. The molecule has 1 unspecified atom stereocenters. The number of aromatic nitrogens is 1. The van der Waals surface area contributed by atoms with Gasteiger partial charge >= 0.3 is 0 Å². The van der Waals surface area contributed by atoms with Crippen LogP contribution in [0.15, 0.2) is 12.3 Å². The van der Waals surface area contributed by atoms with E-state index in [2.05, 4.69) is 17.2 Å². The van der Waals surface area contributed by atoms with Crippen LogP contribution in [-0.4, -0.2) is 16.5 Å². The number of aliphatic hydroxyl groups excluding tert-OH is 1. The minimum Gasteiger partial charge on any atom is -0.351 e. The lowest BCUT2D eigenvalue weighted by Crippen LogP contribution is -2.28. The Morgan fingerprint density at radius 3 is 3.38 bits per heavy atom. The molecule has 0 amide bonds. The highest BCUT2D eigenvalue weighted by Gasteiger charge is 2.18. The van der Waals surface area contributed by atoms with Crippen LogP contribution in [0.4, 0.5) is 5.82 Å². The van der Waals surface area contributed by atoms with E-state index in [4.69, 9.17) is 9.84 Å². The van der Waals surface area contributed by atoms with Gasteiger partial charge in [-0.3, -0.25) is 0 Å². The summed E-state index contributed by atoms with van der Waals surface area (Å²) in [5.74, 6) is 0.734. The molecule has 2 N–H and O–H groups in total. The number of pyridine rings is 1. The van der Waals surface area contributed by atoms with Crippen LogP contribution in [0.2, 0.25) is 0 Å². The van der Waals surface area contributed by atoms with Crippen molar-refractivity contribution in [3.63, 3.8) is 0 Å². The van der Waals surface area contributed by atoms with Crippen LogP contribution in [0, 0.1) is 0 Å². The van der Waals surface area contributed by atoms with Gasteiger partial charge in [-0.15, -0.1) is 0 Å². The molecule has 1 aromatic heterocycles. The van der Waals surface area contributed by atoms with E-state index >= 15 is 0 Å². The molecule has 0 aliphatic carbocycles. The summed E-state index contributed by atoms with van der Waals surface area (Å²) in [5, 5.41) is 11.9. The van der Waals surface area contributed by atoms with Crippen molar-refractivity contribution in [1.29, 1.82) is 0 Å².